The highest BCUT2D eigenvalue weighted by atomic mass is 16.3. The highest BCUT2D eigenvalue weighted by Crippen LogP contribution is 2.36. The third-order valence-electron chi connectivity index (χ3n) is 4.00. The highest BCUT2D eigenvalue weighted by molar-refractivity contribution is 5.30. The fourth-order valence-electron chi connectivity index (χ4n) is 2.48. The maximum Gasteiger partial charge on any atom is 0.0881 e. The molecular weight excluding hydrogens is 220 g/mol. The lowest BCUT2D eigenvalue weighted by molar-refractivity contribution is 0.253. The first kappa shape index (κ1) is 14.8. The second-order valence-corrected chi connectivity index (χ2v) is 5.62. The first-order valence-electron chi connectivity index (χ1n) is 6.86. The van der Waals surface area contributed by atoms with Crippen LogP contribution in [0.1, 0.15) is 39.5 Å². The zero-order valence-electron chi connectivity index (χ0n) is 11.8. The van der Waals surface area contributed by atoms with Gasteiger partial charge in [-0.3, -0.25) is 0 Å². The van der Waals surface area contributed by atoms with Crippen molar-refractivity contribution in [3.8, 4) is 0 Å². The minimum atomic E-state index is 0.292. The van der Waals surface area contributed by atoms with E-state index < -0.39 is 0 Å². The molecule has 0 aromatic rings. The summed E-state index contributed by atoms with van der Waals surface area (Å²) >= 11 is 0. The highest BCUT2D eigenvalue weighted by Gasteiger charge is 2.24. The SMILES string of the molecule is C=C/C(=C\C(=C)C(C)C)C1CCC(C(=C)O)CC1. The summed E-state index contributed by atoms with van der Waals surface area (Å²) in [6.45, 7) is 16.0. The molecule has 0 bridgehead atoms. The monoisotopic (exact) mass is 246 g/mol. The van der Waals surface area contributed by atoms with E-state index in [1.807, 2.05) is 6.08 Å². The van der Waals surface area contributed by atoms with Gasteiger partial charge in [-0.05, 0) is 43.1 Å². The molecule has 0 spiro atoms. The Bertz CT molecular complexity index is 352. The Kier molecular flexibility index (Phi) is 5.46. The van der Waals surface area contributed by atoms with Gasteiger partial charge in [0.15, 0.2) is 0 Å². The van der Waals surface area contributed by atoms with E-state index in [-0.39, 0.29) is 0 Å². The summed E-state index contributed by atoms with van der Waals surface area (Å²) in [4.78, 5) is 0. The predicted molar refractivity (Wildman–Crippen MR) is 79.5 cm³/mol. The van der Waals surface area contributed by atoms with Gasteiger partial charge < -0.3 is 5.11 Å². The molecule has 1 nitrogen and oxygen atoms in total. The molecular formula is C17H26O. The Labute approximate surface area is 112 Å². The Morgan fingerprint density at radius 1 is 1.11 bits per heavy atom. The number of allylic oxidation sites excluding steroid dienone is 5. The van der Waals surface area contributed by atoms with Gasteiger partial charge >= 0.3 is 0 Å². The van der Waals surface area contributed by atoms with E-state index in [0.717, 1.165) is 25.7 Å². The van der Waals surface area contributed by atoms with Crippen LogP contribution in [0.5, 0.6) is 0 Å². The van der Waals surface area contributed by atoms with Gasteiger partial charge in [-0.2, -0.15) is 0 Å². The van der Waals surface area contributed by atoms with Crippen molar-refractivity contribution in [3.63, 3.8) is 0 Å². The van der Waals surface area contributed by atoms with Crippen molar-refractivity contribution >= 4 is 0 Å². The van der Waals surface area contributed by atoms with Crippen molar-refractivity contribution in [1.82, 2.24) is 0 Å². The van der Waals surface area contributed by atoms with E-state index in [9.17, 15) is 5.11 Å². The van der Waals surface area contributed by atoms with Crippen LogP contribution in [0.2, 0.25) is 0 Å². The van der Waals surface area contributed by atoms with E-state index in [4.69, 9.17) is 0 Å². The van der Waals surface area contributed by atoms with Crippen LogP contribution in [0.3, 0.4) is 0 Å². The molecule has 0 saturated heterocycles. The molecule has 0 atom stereocenters. The van der Waals surface area contributed by atoms with Crippen molar-refractivity contribution < 1.29 is 5.11 Å². The van der Waals surface area contributed by atoms with Crippen LogP contribution in [0.15, 0.2) is 48.8 Å². The van der Waals surface area contributed by atoms with Gasteiger partial charge in [0, 0.05) is 5.92 Å². The molecule has 0 heterocycles. The van der Waals surface area contributed by atoms with Crippen molar-refractivity contribution in [1.29, 1.82) is 0 Å². The third kappa shape index (κ3) is 3.90. The normalized spacial score (nSPS) is 24.9. The first-order chi connectivity index (χ1) is 8.45. The number of rotatable bonds is 5. The molecule has 1 aliphatic rings. The van der Waals surface area contributed by atoms with Crippen molar-refractivity contribution in [2.45, 2.75) is 39.5 Å². The Morgan fingerprint density at radius 3 is 2.00 bits per heavy atom. The first-order valence-corrected chi connectivity index (χ1v) is 6.86. The van der Waals surface area contributed by atoms with E-state index in [2.05, 4.69) is 39.7 Å². The van der Waals surface area contributed by atoms with Gasteiger partial charge in [-0.25, -0.2) is 0 Å². The van der Waals surface area contributed by atoms with Gasteiger partial charge in [0.1, 0.15) is 0 Å². The van der Waals surface area contributed by atoms with Crippen LogP contribution in [0.4, 0.5) is 0 Å². The van der Waals surface area contributed by atoms with E-state index >= 15 is 0 Å². The minimum Gasteiger partial charge on any atom is -0.513 e. The largest absolute Gasteiger partial charge is 0.513 e. The van der Waals surface area contributed by atoms with Gasteiger partial charge in [0.05, 0.1) is 5.76 Å². The van der Waals surface area contributed by atoms with Gasteiger partial charge in [-0.1, -0.05) is 51.3 Å². The lowest BCUT2D eigenvalue weighted by Crippen LogP contribution is -2.17. The van der Waals surface area contributed by atoms with E-state index in [1.165, 1.54) is 11.1 Å². The van der Waals surface area contributed by atoms with Crippen LogP contribution >= 0.6 is 0 Å². The van der Waals surface area contributed by atoms with Crippen LogP contribution in [0, 0.1) is 17.8 Å². The molecule has 0 aromatic heterocycles. The van der Waals surface area contributed by atoms with Crippen LogP contribution < -0.4 is 0 Å². The molecule has 18 heavy (non-hydrogen) atoms. The molecule has 1 fully saturated rings. The molecule has 0 unspecified atom stereocenters. The maximum atomic E-state index is 9.43. The van der Waals surface area contributed by atoms with Crippen molar-refractivity contribution in [3.05, 3.63) is 48.8 Å². The molecule has 1 rings (SSSR count). The minimum absolute atomic E-state index is 0.292. The summed E-state index contributed by atoms with van der Waals surface area (Å²) in [5.41, 5.74) is 2.47. The third-order valence-corrected chi connectivity index (χ3v) is 4.00. The fraction of sp³-hybridized carbons (Fsp3) is 0.529. The average Bonchev–Trinajstić information content (AvgIpc) is 2.35. The van der Waals surface area contributed by atoms with Gasteiger partial charge in [0.2, 0.25) is 0 Å². The zero-order valence-corrected chi connectivity index (χ0v) is 11.8. The number of aliphatic hydroxyl groups excluding tert-OH is 1. The van der Waals surface area contributed by atoms with Gasteiger partial charge in [-0.15, -0.1) is 0 Å². The molecule has 0 aromatic carbocycles. The second-order valence-electron chi connectivity index (χ2n) is 5.62. The molecule has 0 aliphatic heterocycles. The molecule has 1 N–H and O–H groups in total. The fourth-order valence-corrected chi connectivity index (χ4v) is 2.48. The summed E-state index contributed by atoms with van der Waals surface area (Å²) in [5.74, 6) is 1.69. The molecule has 1 saturated carbocycles. The van der Waals surface area contributed by atoms with Crippen LogP contribution in [-0.2, 0) is 0 Å². The van der Waals surface area contributed by atoms with Crippen LogP contribution in [-0.4, -0.2) is 5.11 Å². The second kappa shape index (κ2) is 6.63. The predicted octanol–water partition coefficient (Wildman–Crippen LogP) is 5.19. The van der Waals surface area contributed by atoms with Crippen molar-refractivity contribution in [2.75, 3.05) is 0 Å². The zero-order chi connectivity index (χ0) is 13.7. The molecule has 0 amide bonds. The van der Waals surface area contributed by atoms with Crippen LogP contribution in [0.25, 0.3) is 0 Å². The average molecular weight is 246 g/mol. The molecule has 0 radical (unpaired) electrons. The summed E-state index contributed by atoms with van der Waals surface area (Å²) in [7, 11) is 0. The van der Waals surface area contributed by atoms with E-state index in [0.29, 0.717) is 23.5 Å². The summed E-state index contributed by atoms with van der Waals surface area (Å²) in [6.07, 6.45) is 8.42. The molecule has 100 valence electrons. The summed E-state index contributed by atoms with van der Waals surface area (Å²) < 4.78 is 0. The lowest BCUT2D eigenvalue weighted by atomic mass is 9.77. The number of hydrogen-bond donors (Lipinski definition) is 1. The number of aliphatic hydroxyl groups is 1. The quantitative estimate of drug-likeness (QED) is 0.523. The number of hydrogen-bond acceptors (Lipinski definition) is 1. The summed E-state index contributed by atoms with van der Waals surface area (Å²) in [6, 6.07) is 0. The molecule has 1 aliphatic carbocycles. The Balaban J connectivity index is 2.66. The smallest absolute Gasteiger partial charge is 0.0881 e. The van der Waals surface area contributed by atoms with Gasteiger partial charge in [0.25, 0.3) is 0 Å². The Morgan fingerprint density at radius 2 is 1.61 bits per heavy atom. The van der Waals surface area contributed by atoms with E-state index in [1.54, 1.807) is 0 Å². The maximum absolute atomic E-state index is 9.43. The Hall–Kier alpha value is -1.24. The molecule has 1 heteroatoms. The topological polar surface area (TPSA) is 20.2 Å². The lowest BCUT2D eigenvalue weighted by Gasteiger charge is -2.29. The standard InChI is InChI=1S/C17H26O/c1-6-15(11-13(4)12(2)3)17-9-7-16(8-10-17)14(5)18/h6,11-12,16-18H,1,4-5,7-10H2,2-3H3/b15-11+. The van der Waals surface area contributed by atoms with Crippen molar-refractivity contribution in [2.24, 2.45) is 17.8 Å². The summed E-state index contributed by atoms with van der Waals surface area (Å²) in [5, 5.41) is 9.43.